The lowest BCUT2D eigenvalue weighted by atomic mass is 10.0. The molecule has 5 nitrogen and oxygen atoms in total. The molecule has 1 aromatic heterocycles. The first-order chi connectivity index (χ1) is 13.4. The molecule has 0 N–H and O–H groups in total. The van der Waals surface area contributed by atoms with E-state index in [0.29, 0.717) is 19.7 Å². The van der Waals surface area contributed by atoms with Crippen LogP contribution in [0.1, 0.15) is 37.5 Å². The molecule has 2 aromatic rings. The Kier molecular flexibility index (Phi) is 6.47. The van der Waals surface area contributed by atoms with Gasteiger partial charge in [0.05, 0.1) is 19.3 Å². The van der Waals surface area contributed by atoms with Gasteiger partial charge >= 0.3 is 6.09 Å². The molecule has 0 unspecified atom stereocenters. The summed E-state index contributed by atoms with van der Waals surface area (Å²) >= 11 is 0. The number of carbonyl (C=O) groups excluding carboxylic acids is 1. The van der Waals surface area contributed by atoms with Crippen molar-refractivity contribution in [2.45, 2.75) is 38.9 Å². The van der Waals surface area contributed by atoms with Crippen molar-refractivity contribution in [2.24, 2.45) is 0 Å². The molecule has 1 saturated heterocycles. The van der Waals surface area contributed by atoms with E-state index >= 15 is 0 Å². The largest absolute Gasteiger partial charge is 0.444 e. The van der Waals surface area contributed by atoms with Gasteiger partial charge in [-0.3, -0.25) is 4.98 Å². The highest BCUT2D eigenvalue weighted by molar-refractivity contribution is 5.69. The fourth-order valence-corrected chi connectivity index (χ4v) is 3.09. The van der Waals surface area contributed by atoms with Crippen LogP contribution in [0.4, 0.5) is 4.79 Å². The van der Waals surface area contributed by atoms with Crippen LogP contribution in [0.5, 0.6) is 0 Å². The second-order valence-electron chi connectivity index (χ2n) is 7.99. The topological polar surface area (TPSA) is 51.7 Å². The second-order valence-corrected chi connectivity index (χ2v) is 7.99. The van der Waals surface area contributed by atoms with Gasteiger partial charge in [-0.05, 0) is 43.5 Å². The summed E-state index contributed by atoms with van der Waals surface area (Å²) < 4.78 is 11.4. The molecule has 1 fully saturated rings. The monoisotopic (exact) mass is 380 g/mol. The minimum atomic E-state index is -0.486. The Labute approximate surface area is 167 Å². The van der Waals surface area contributed by atoms with E-state index in [-0.39, 0.29) is 12.2 Å². The predicted octanol–water partition coefficient (Wildman–Crippen LogP) is 4.43. The maximum Gasteiger partial charge on any atom is 0.410 e. The molecular formula is C23H28N2O3. The van der Waals surface area contributed by atoms with Gasteiger partial charge in [-0.2, -0.15) is 0 Å². The van der Waals surface area contributed by atoms with Crippen molar-refractivity contribution in [3.8, 4) is 0 Å². The number of aromatic nitrogens is 1. The van der Waals surface area contributed by atoms with Crippen molar-refractivity contribution >= 4 is 18.2 Å². The van der Waals surface area contributed by atoms with Crippen LogP contribution in [0.15, 0.2) is 48.8 Å². The summed E-state index contributed by atoms with van der Waals surface area (Å²) in [5, 5.41) is 0. The van der Waals surface area contributed by atoms with E-state index in [1.54, 1.807) is 11.1 Å². The average molecular weight is 380 g/mol. The summed E-state index contributed by atoms with van der Waals surface area (Å²) in [4.78, 5) is 18.2. The molecule has 0 saturated carbocycles. The quantitative estimate of drug-likeness (QED) is 0.787. The first-order valence-electron chi connectivity index (χ1n) is 9.66. The van der Waals surface area contributed by atoms with Crippen LogP contribution in [0.25, 0.3) is 12.2 Å². The molecule has 0 bridgehead atoms. The highest BCUT2D eigenvalue weighted by atomic mass is 16.6. The van der Waals surface area contributed by atoms with Crippen molar-refractivity contribution in [3.63, 3.8) is 0 Å². The third-order valence-corrected chi connectivity index (χ3v) is 4.36. The number of carbonyl (C=O) groups is 1. The summed E-state index contributed by atoms with van der Waals surface area (Å²) in [7, 11) is 0. The maximum atomic E-state index is 12.3. The summed E-state index contributed by atoms with van der Waals surface area (Å²) in [5.41, 5.74) is 2.89. The van der Waals surface area contributed by atoms with Crippen molar-refractivity contribution in [3.05, 3.63) is 65.5 Å². The Morgan fingerprint density at radius 2 is 2.04 bits per heavy atom. The van der Waals surface area contributed by atoms with Gasteiger partial charge in [0.2, 0.25) is 0 Å². The maximum absolute atomic E-state index is 12.3. The minimum Gasteiger partial charge on any atom is -0.444 e. The zero-order valence-electron chi connectivity index (χ0n) is 16.8. The van der Waals surface area contributed by atoms with E-state index in [0.717, 1.165) is 17.5 Å². The molecule has 0 aliphatic carbocycles. The normalized spacial score (nSPS) is 17.7. The van der Waals surface area contributed by atoms with E-state index in [4.69, 9.17) is 9.47 Å². The highest BCUT2D eigenvalue weighted by Gasteiger charge is 2.28. The van der Waals surface area contributed by atoms with Crippen LogP contribution in [0, 0.1) is 0 Å². The van der Waals surface area contributed by atoms with Gasteiger partial charge < -0.3 is 14.4 Å². The Hall–Kier alpha value is -2.66. The Morgan fingerprint density at radius 3 is 2.79 bits per heavy atom. The second kappa shape index (κ2) is 9.02. The smallest absolute Gasteiger partial charge is 0.410 e. The summed E-state index contributed by atoms with van der Waals surface area (Å²) in [6.45, 7) is 7.29. The molecule has 148 valence electrons. The molecule has 3 rings (SSSR count). The Morgan fingerprint density at radius 1 is 1.25 bits per heavy atom. The van der Waals surface area contributed by atoms with Crippen molar-refractivity contribution < 1.29 is 14.3 Å². The van der Waals surface area contributed by atoms with Crippen LogP contribution < -0.4 is 0 Å². The fourth-order valence-electron chi connectivity index (χ4n) is 3.09. The standard InChI is InChI=1S/C23H28N2O3/c1-23(2,3)28-22(26)25-12-13-27-21(17-25)15-20-7-4-6-18(14-20)9-10-19-8-5-11-24-16-19/h4-11,14,16,21H,12-13,15,17H2,1-3H3/t21-/m1/s1. The molecule has 0 spiro atoms. The van der Waals surface area contributed by atoms with Crippen LogP contribution in [-0.4, -0.2) is 47.4 Å². The van der Waals surface area contributed by atoms with Gasteiger partial charge in [0.1, 0.15) is 5.60 Å². The fraction of sp³-hybridized carbons (Fsp3) is 0.391. The van der Waals surface area contributed by atoms with Gasteiger partial charge in [0.25, 0.3) is 0 Å². The average Bonchev–Trinajstić information content (AvgIpc) is 2.66. The number of ether oxygens (including phenoxy) is 2. The van der Waals surface area contributed by atoms with E-state index < -0.39 is 5.60 Å². The SMILES string of the molecule is CC(C)(C)OC(=O)N1CCO[C@H](Cc2cccc(C=Cc3cccnc3)c2)C1. The number of amides is 1. The molecule has 1 aliphatic rings. The third kappa shape index (κ3) is 6.20. The van der Waals surface area contributed by atoms with Crippen LogP contribution in [-0.2, 0) is 15.9 Å². The lowest BCUT2D eigenvalue weighted by Gasteiger charge is -2.34. The summed E-state index contributed by atoms with van der Waals surface area (Å²) in [6.07, 6.45) is 8.19. The van der Waals surface area contributed by atoms with Crippen LogP contribution >= 0.6 is 0 Å². The number of nitrogens with zero attached hydrogens (tertiary/aromatic N) is 2. The Balaban J connectivity index is 1.60. The van der Waals surface area contributed by atoms with Crippen LogP contribution in [0.3, 0.4) is 0 Å². The summed E-state index contributed by atoms with van der Waals surface area (Å²) in [6, 6.07) is 12.3. The Bertz CT molecular complexity index is 812. The molecule has 28 heavy (non-hydrogen) atoms. The van der Waals surface area contributed by atoms with Gasteiger partial charge in [0, 0.05) is 25.4 Å². The van der Waals surface area contributed by atoms with Crippen molar-refractivity contribution in [2.75, 3.05) is 19.7 Å². The molecule has 1 aliphatic heterocycles. The first-order valence-corrected chi connectivity index (χ1v) is 9.66. The first kappa shape index (κ1) is 20.1. The molecular weight excluding hydrogens is 352 g/mol. The zero-order chi connectivity index (χ0) is 20.0. The van der Waals surface area contributed by atoms with E-state index in [9.17, 15) is 4.79 Å². The van der Waals surface area contributed by atoms with E-state index in [1.807, 2.05) is 51.2 Å². The molecule has 5 heteroatoms. The lowest BCUT2D eigenvalue weighted by Crippen LogP contribution is -2.48. The van der Waals surface area contributed by atoms with E-state index in [1.165, 1.54) is 5.56 Å². The number of rotatable bonds is 4. The number of hydrogen-bond acceptors (Lipinski definition) is 4. The van der Waals surface area contributed by atoms with Crippen molar-refractivity contribution in [1.29, 1.82) is 0 Å². The number of pyridine rings is 1. The van der Waals surface area contributed by atoms with Crippen molar-refractivity contribution in [1.82, 2.24) is 9.88 Å². The molecule has 2 heterocycles. The summed E-state index contributed by atoms with van der Waals surface area (Å²) in [5.74, 6) is 0. The van der Waals surface area contributed by atoms with Crippen LogP contribution in [0.2, 0.25) is 0 Å². The molecule has 1 aromatic carbocycles. The number of morpholine rings is 1. The number of benzene rings is 1. The van der Waals surface area contributed by atoms with E-state index in [2.05, 4.69) is 29.3 Å². The van der Waals surface area contributed by atoms with Gasteiger partial charge in [-0.1, -0.05) is 42.5 Å². The number of hydrogen-bond donors (Lipinski definition) is 0. The highest BCUT2D eigenvalue weighted by Crippen LogP contribution is 2.17. The van der Waals surface area contributed by atoms with Gasteiger partial charge in [-0.25, -0.2) is 4.79 Å². The van der Waals surface area contributed by atoms with Gasteiger partial charge in [0.15, 0.2) is 0 Å². The third-order valence-electron chi connectivity index (χ3n) is 4.36. The molecule has 0 radical (unpaired) electrons. The molecule has 1 atom stereocenters. The zero-order valence-corrected chi connectivity index (χ0v) is 16.8. The molecule has 1 amide bonds. The minimum absolute atomic E-state index is 0.0289. The van der Waals surface area contributed by atoms with Gasteiger partial charge in [-0.15, -0.1) is 0 Å². The lowest BCUT2D eigenvalue weighted by molar-refractivity contribution is -0.0415. The predicted molar refractivity (Wildman–Crippen MR) is 111 cm³/mol.